The Kier molecular flexibility index (Phi) is 4.82. The van der Waals surface area contributed by atoms with Crippen LogP contribution >= 0.6 is 0 Å². The first kappa shape index (κ1) is 14.1. The second-order valence-electron chi connectivity index (χ2n) is 3.95. The van der Waals surface area contributed by atoms with E-state index in [0.29, 0.717) is 5.56 Å². The first-order chi connectivity index (χ1) is 8.43. The molecule has 1 rings (SSSR count). The Morgan fingerprint density at radius 1 is 1.28 bits per heavy atom. The van der Waals surface area contributed by atoms with Crippen LogP contribution in [0.2, 0.25) is 0 Å². The largest absolute Gasteiger partial charge is 0.480 e. The molecule has 0 unspecified atom stereocenters. The predicted octanol–water partition coefficient (Wildman–Crippen LogP) is -0.363. The van der Waals surface area contributed by atoms with Crippen LogP contribution in [0.1, 0.15) is 18.5 Å². The van der Waals surface area contributed by atoms with E-state index in [1.807, 2.05) is 0 Å². The third kappa shape index (κ3) is 3.54. The molecule has 0 heterocycles. The number of carbonyl (C=O) groups is 2. The maximum Gasteiger partial charge on any atom is 0.328 e. The van der Waals surface area contributed by atoms with Crippen LogP contribution in [0.15, 0.2) is 30.3 Å². The van der Waals surface area contributed by atoms with Gasteiger partial charge in [-0.25, -0.2) is 4.79 Å². The van der Waals surface area contributed by atoms with Crippen molar-refractivity contribution in [2.45, 2.75) is 25.1 Å². The van der Waals surface area contributed by atoms with Gasteiger partial charge in [-0.3, -0.25) is 4.79 Å². The van der Waals surface area contributed by atoms with Crippen molar-refractivity contribution in [3.05, 3.63) is 35.9 Å². The van der Waals surface area contributed by atoms with Crippen LogP contribution < -0.4 is 11.1 Å². The molecule has 0 bridgehead atoms. The Balaban J connectivity index is 2.73. The molecule has 0 fully saturated rings. The van der Waals surface area contributed by atoms with E-state index in [0.717, 1.165) is 0 Å². The zero-order chi connectivity index (χ0) is 13.7. The minimum Gasteiger partial charge on any atom is -0.480 e. The van der Waals surface area contributed by atoms with Gasteiger partial charge in [0, 0.05) is 0 Å². The van der Waals surface area contributed by atoms with E-state index < -0.39 is 30.1 Å². The standard InChI is InChI=1S/C12H16N2O4/c1-7(15)10(12(17)18)14-11(16)9(13)8-5-3-2-4-6-8/h2-7,9-10,15H,13H2,1H3,(H,14,16)(H,17,18)/t7-,9-,10+/m1/s1. The van der Waals surface area contributed by atoms with Gasteiger partial charge < -0.3 is 21.3 Å². The molecular formula is C12H16N2O4. The fraction of sp³-hybridized carbons (Fsp3) is 0.333. The summed E-state index contributed by atoms with van der Waals surface area (Å²) in [6.45, 7) is 1.28. The summed E-state index contributed by atoms with van der Waals surface area (Å²) < 4.78 is 0. The SMILES string of the molecule is C[C@@H](O)[C@H](NC(=O)[C@H](N)c1ccccc1)C(=O)O. The summed E-state index contributed by atoms with van der Waals surface area (Å²) in [7, 11) is 0. The number of hydrogen-bond donors (Lipinski definition) is 4. The molecule has 1 aromatic rings. The van der Waals surface area contributed by atoms with E-state index in [2.05, 4.69) is 5.32 Å². The third-order valence-electron chi connectivity index (χ3n) is 2.49. The molecule has 0 radical (unpaired) electrons. The fourth-order valence-corrected chi connectivity index (χ4v) is 1.44. The van der Waals surface area contributed by atoms with E-state index >= 15 is 0 Å². The van der Waals surface area contributed by atoms with Gasteiger partial charge >= 0.3 is 5.97 Å². The molecule has 0 saturated carbocycles. The maximum absolute atomic E-state index is 11.8. The van der Waals surface area contributed by atoms with E-state index in [-0.39, 0.29) is 0 Å². The number of rotatable bonds is 5. The van der Waals surface area contributed by atoms with E-state index in [9.17, 15) is 14.7 Å². The average molecular weight is 252 g/mol. The van der Waals surface area contributed by atoms with Gasteiger partial charge in [0.25, 0.3) is 0 Å². The lowest BCUT2D eigenvalue weighted by Crippen LogP contribution is -2.50. The minimum atomic E-state index is -1.37. The Bertz CT molecular complexity index is 419. The Hall–Kier alpha value is -1.92. The lowest BCUT2D eigenvalue weighted by molar-refractivity contribution is -0.145. The zero-order valence-electron chi connectivity index (χ0n) is 9.91. The Morgan fingerprint density at radius 3 is 2.28 bits per heavy atom. The highest BCUT2D eigenvalue weighted by atomic mass is 16.4. The summed E-state index contributed by atoms with van der Waals surface area (Å²) in [5.41, 5.74) is 6.27. The first-order valence-electron chi connectivity index (χ1n) is 5.45. The summed E-state index contributed by atoms with van der Waals surface area (Å²) in [6, 6.07) is 6.24. The molecule has 5 N–H and O–H groups in total. The van der Waals surface area contributed by atoms with Crippen LogP contribution in [0.25, 0.3) is 0 Å². The van der Waals surface area contributed by atoms with Crippen LogP contribution in [-0.2, 0) is 9.59 Å². The molecular weight excluding hydrogens is 236 g/mol. The van der Waals surface area contributed by atoms with Crippen molar-refractivity contribution in [3.8, 4) is 0 Å². The summed E-state index contributed by atoms with van der Waals surface area (Å²) in [4.78, 5) is 22.6. The molecule has 0 aliphatic carbocycles. The number of benzene rings is 1. The molecule has 98 valence electrons. The van der Waals surface area contributed by atoms with Gasteiger partial charge in [0.05, 0.1) is 6.10 Å². The van der Waals surface area contributed by atoms with Crippen molar-refractivity contribution in [1.29, 1.82) is 0 Å². The van der Waals surface area contributed by atoms with E-state index in [4.69, 9.17) is 10.8 Å². The second-order valence-corrected chi connectivity index (χ2v) is 3.95. The number of nitrogens with one attached hydrogen (secondary N) is 1. The van der Waals surface area contributed by atoms with Crippen molar-refractivity contribution < 1.29 is 19.8 Å². The minimum absolute atomic E-state index is 0.574. The van der Waals surface area contributed by atoms with Gasteiger partial charge in [-0.1, -0.05) is 30.3 Å². The monoisotopic (exact) mass is 252 g/mol. The highest BCUT2D eigenvalue weighted by molar-refractivity contribution is 5.87. The summed E-state index contributed by atoms with van der Waals surface area (Å²) >= 11 is 0. The van der Waals surface area contributed by atoms with Crippen LogP contribution in [-0.4, -0.2) is 34.2 Å². The Morgan fingerprint density at radius 2 is 1.83 bits per heavy atom. The number of aliphatic hydroxyl groups excluding tert-OH is 1. The molecule has 0 spiro atoms. The van der Waals surface area contributed by atoms with Gasteiger partial charge in [0.15, 0.2) is 6.04 Å². The molecule has 1 amide bonds. The normalized spacial score (nSPS) is 15.5. The molecule has 0 aliphatic rings. The molecule has 0 saturated heterocycles. The zero-order valence-corrected chi connectivity index (χ0v) is 9.91. The number of amides is 1. The van der Waals surface area contributed by atoms with Gasteiger partial charge in [0.2, 0.25) is 5.91 Å². The highest BCUT2D eigenvalue weighted by Gasteiger charge is 2.27. The topological polar surface area (TPSA) is 113 Å². The number of carboxylic acids is 1. The quantitative estimate of drug-likeness (QED) is 0.571. The van der Waals surface area contributed by atoms with Crippen LogP contribution in [0.3, 0.4) is 0 Å². The average Bonchev–Trinajstić information content (AvgIpc) is 2.35. The molecule has 18 heavy (non-hydrogen) atoms. The van der Waals surface area contributed by atoms with Crippen molar-refractivity contribution >= 4 is 11.9 Å². The van der Waals surface area contributed by atoms with Gasteiger partial charge in [-0.05, 0) is 12.5 Å². The van der Waals surface area contributed by atoms with Crippen LogP contribution in [0.4, 0.5) is 0 Å². The molecule has 3 atom stereocenters. The number of aliphatic hydroxyl groups is 1. The van der Waals surface area contributed by atoms with Gasteiger partial charge in [-0.2, -0.15) is 0 Å². The summed E-state index contributed by atoms with van der Waals surface area (Å²) in [5.74, 6) is -1.95. The van der Waals surface area contributed by atoms with Crippen molar-refractivity contribution in [3.63, 3.8) is 0 Å². The van der Waals surface area contributed by atoms with Gasteiger partial charge in [0.1, 0.15) is 6.04 Å². The van der Waals surface area contributed by atoms with Crippen molar-refractivity contribution in [1.82, 2.24) is 5.32 Å². The maximum atomic E-state index is 11.8. The van der Waals surface area contributed by atoms with Crippen molar-refractivity contribution in [2.75, 3.05) is 0 Å². The summed E-state index contributed by atoms with van der Waals surface area (Å²) in [5, 5.41) is 20.3. The Labute approximate surface area is 104 Å². The second kappa shape index (κ2) is 6.13. The number of aliphatic carboxylic acids is 1. The smallest absolute Gasteiger partial charge is 0.328 e. The van der Waals surface area contributed by atoms with Gasteiger partial charge in [-0.15, -0.1) is 0 Å². The lowest BCUT2D eigenvalue weighted by Gasteiger charge is -2.19. The number of nitrogens with two attached hydrogens (primary N) is 1. The van der Waals surface area contributed by atoms with E-state index in [1.54, 1.807) is 30.3 Å². The van der Waals surface area contributed by atoms with Crippen LogP contribution in [0, 0.1) is 0 Å². The van der Waals surface area contributed by atoms with Crippen molar-refractivity contribution in [2.24, 2.45) is 5.73 Å². The highest BCUT2D eigenvalue weighted by Crippen LogP contribution is 2.10. The number of carboxylic acid groups (broad SMARTS) is 1. The first-order valence-corrected chi connectivity index (χ1v) is 5.45. The molecule has 1 aromatic carbocycles. The number of carbonyl (C=O) groups excluding carboxylic acids is 1. The molecule has 0 aromatic heterocycles. The fourth-order valence-electron chi connectivity index (χ4n) is 1.44. The summed E-state index contributed by atoms with van der Waals surface area (Å²) in [6.07, 6.45) is -1.20. The van der Waals surface area contributed by atoms with Crippen LogP contribution in [0.5, 0.6) is 0 Å². The molecule has 6 nitrogen and oxygen atoms in total. The third-order valence-corrected chi connectivity index (χ3v) is 2.49. The predicted molar refractivity (Wildman–Crippen MR) is 64.6 cm³/mol. The molecule has 0 aliphatic heterocycles. The molecule has 6 heteroatoms. The van der Waals surface area contributed by atoms with E-state index in [1.165, 1.54) is 6.92 Å². The lowest BCUT2D eigenvalue weighted by atomic mass is 10.1. The number of hydrogen-bond acceptors (Lipinski definition) is 4.